The first-order chi connectivity index (χ1) is 7.70. The normalized spacial score (nSPS) is 18.9. The first-order valence-corrected chi connectivity index (χ1v) is 6.36. The molecule has 0 N–H and O–H groups in total. The van der Waals surface area contributed by atoms with Crippen molar-refractivity contribution in [1.29, 1.82) is 0 Å². The van der Waals surface area contributed by atoms with Gasteiger partial charge in [0.25, 0.3) is 0 Å². The Bertz CT molecular complexity index is 362. The van der Waals surface area contributed by atoms with E-state index in [2.05, 4.69) is 21.8 Å². The highest BCUT2D eigenvalue weighted by atomic mass is 35.5. The fourth-order valence-electron chi connectivity index (χ4n) is 2.18. The van der Waals surface area contributed by atoms with Crippen molar-refractivity contribution >= 4 is 23.2 Å². The number of piperidine rings is 1. The predicted molar refractivity (Wildman–Crippen MR) is 66.1 cm³/mol. The number of halogens is 2. The standard InChI is InChI=1S/C11H15Cl2N3/c1-2-16-5-3-8(4-6-16)9-7-14-11(13)15-10(9)12/h7-8H,2-6H2,1H3. The minimum Gasteiger partial charge on any atom is -0.304 e. The summed E-state index contributed by atoms with van der Waals surface area (Å²) < 4.78 is 0. The molecule has 2 rings (SSSR count). The molecule has 3 nitrogen and oxygen atoms in total. The number of nitrogens with zero attached hydrogens (tertiary/aromatic N) is 3. The maximum atomic E-state index is 6.08. The van der Waals surface area contributed by atoms with Gasteiger partial charge in [0.15, 0.2) is 0 Å². The maximum Gasteiger partial charge on any atom is 0.223 e. The number of hydrogen-bond donors (Lipinski definition) is 0. The summed E-state index contributed by atoms with van der Waals surface area (Å²) >= 11 is 11.8. The van der Waals surface area contributed by atoms with Gasteiger partial charge in [0, 0.05) is 11.8 Å². The zero-order chi connectivity index (χ0) is 11.5. The van der Waals surface area contributed by atoms with Crippen molar-refractivity contribution in [2.75, 3.05) is 19.6 Å². The van der Waals surface area contributed by atoms with Crippen LogP contribution in [0.5, 0.6) is 0 Å². The van der Waals surface area contributed by atoms with Gasteiger partial charge in [-0.15, -0.1) is 0 Å². The third kappa shape index (κ3) is 2.65. The van der Waals surface area contributed by atoms with Crippen LogP contribution in [0.3, 0.4) is 0 Å². The van der Waals surface area contributed by atoms with Gasteiger partial charge >= 0.3 is 0 Å². The SMILES string of the molecule is CCN1CCC(c2cnc(Cl)nc2Cl)CC1. The molecule has 0 atom stereocenters. The summed E-state index contributed by atoms with van der Waals surface area (Å²) in [5.74, 6) is 0.479. The molecule has 16 heavy (non-hydrogen) atoms. The summed E-state index contributed by atoms with van der Waals surface area (Å²) in [6, 6.07) is 0. The second-order valence-electron chi connectivity index (χ2n) is 4.09. The minimum atomic E-state index is 0.222. The molecule has 0 aliphatic carbocycles. The van der Waals surface area contributed by atoms with Crippen molar-refractivity contribution in [2.24, 2.45) is 0 Å². The lowest BCUT2D eigenvalue weighted by molar-refractivity contribution is 0.222. The summed E-state index contributed by atoms with van der Waals surface area (Å²) in [7, 11) is 0. The summed E-state index contributed by atoms with van der Waals surface area (Å²) in [5.41, 5.74) is 1.04. The molecule has 88 valence electrons. The summed E-state index contributed by atoms with van der Waals surface area (Å²) in [4.78, 5) is 10.5. The van der Waals surface area contributed by atoms with Gasteiger partial charge in [-0.3, -0.25) is 0 Å². The van der Waals surface area contributed by atoms with Crippen LogP contribution in [0.2, 0.25) is 10.4 Å². The van der Waals surface area contributed by atoms with Gasteiger partial charge in [-0.25, -0.2) is 9.97 Å². The highest BCUT2D eigenvalue weighted by molar-refractivity contribution is 6.32. The van der Waals surface area contributed by atoms with E-state index in [4.69, 9.17) is 23.2 Å². The van der Waals surface area contributed by atoms with Crippen LogP contribution in [-0.2, 0) is 0 Å². The van der Waals surface area contributed by atoms with Crippen molar-refractivity contribution in [3.8, 4) is 0 Å². The number of rotatable bonds is 2. The number of aromatic nitrogens is 2. The molecule has 5 heteroatoms. The van der Waals surface area contributed by atoms with Crippen LogP contribution in [0.25, 0.3) is 0 Å². The van der Waals surface area contributed by atoms with Crippen LogP contribution in [0.15, 0.2) is 6.20 Å². The Morgan fingerprint density at radius 3 is 2.62 bits per heavy atom. The second-order valence-corrected chi connectivity index (χ2v) is 4.79. The first-order valence-electron chi connectivity index (χ1n) is 5.61. The molecule has 0 spiro atoms. The lowest BCUT2D eigenvalue weighted by Gasteiger charge is -2.31. The molecule has 0 aromatic carbocycles. The van der Waals surface area contributed by atoms with Crippen LogP contribution in [0.4, 0.5) is 0 Å². The summed E-state index contributed by atoms with van der Waals surface area (Å²) in [5, 5.41) is 0.731. The van der Waals surface area contributed by atoms with Crippen molar-refractivity contribution in [3.05, 3.63) is 22.2 Å². The highest BCUT2D eigenvalue weighted by Crippen LogP contribution is 2.31. The Hall–Kier alpha value is -0.380. The van der Waals surface area contributed by atoms with E-state index in [0.717, 1.165) is 38.0 Å². The van der Waals surface area contributed by atoms with Gasteiger partial charge in [-0.1, -0.05) is 18.5 Å². The van der Waals surface area contributed by atoms with Crippen LogP contribution < -0.4 is 0 Å². The predicted octanol–water partition coefficient (Wildman–Crippen LogP) is 2.98. The van der Waals surface area contributed by atoms with Gasteiger partial charge in [0.05, 0.1) is 0 Å². The van der Waals surface area contributed by atoms with Crippen molar-refractivity contribution < 1.29 is 0 Å². The molecule has 0 amide bonds. The largest absolute Gasteiger partial charge is 0.304 e. The summed E-state index contributed by atoms with van der Waals surface area (Å²) in [6.07, 6.45) is 4.01. The van der Waals surface area contributed by atoms with E-state index in [1.807, 2.05) is 0 Å². The highest BCUT2D eigenvalue weighted by Gasteiger charge is 2.22. The van der Waals surface area contributed by atoms with E-state index in [-0.39, 0.29) is 5.28 Å². The fourth-order valence-corrected chi connectivity index (χ4v) is 2.64. The molecule has 1 saturated heterocycles. The Kier molecular flexibility index (Phi) is 4.00. The lowest BCUT2D eigenvalue weighted by Crippen LogP contribution is -2.32. The third-order valence-electron chi connectivity index (χ3n) is 3.21. The number of likely N-dealkylation sites (tertiary alicyclic amines) is 1. The van der Waals surface area contributed by atoms with E-state index in [0.29, 0.717) is 11.1 Å². The monoisotopic (exact) mass is 259 g/mol. The van der Waals surface area contributed by atoms with Crippen molar-refractivity contribution in [3.63, 3.8) is 0 Å². The number of hydrogen-bond acceptors (Lipinski definition) is 3. The van der Waals surface area contributed by atoms with Gasteiger partial charge in [-0.2, -0.15) is 0 Å². The zero-order valence-electron chi connectivity index (χ0n) is 9.29. The fraction of sp³-hybridized carbons (Fsp3) is 0.636. The second kappa shape index (κ2) is 5.30. The van der Waals surface area contributed by atoms with E-state index >= 15 is 0 Å². The van der Waals surface area contributed by atoms with Gasteiger partial charge in [0.2, 0.25) is 5.28 Å². The molecule has 0 bridgehead atoms. The van der Waals surface area contributed by atoms with E-state index in [1.54, 1.807) is 6.20 Å². The van der Waals surface area contributed by atoms with Crippen LogP contribution in [0, 0.1) is 0 Å². The molecule has 0 radical (unpaired) electrons. The molecule has 1 fully saturated rings. The first kappa shape index (κ1) is 12.1. The van der Waals surface area contributed by atoms with Crippen LogP contribution >= 0.6 is 23.2 Å². The molecule has 2 heterocycles. The molecular formula is C11H15Cl2N3. The molecule has 1 aromatic rings. The average Bonchev–Trinajstić information content (AvgIpc) is 2.29. The Morgan fingerprint density at radius 2 is 2.06 bits per heavy atom. The quantitative estimate of drug-likeness (QED) is 0.604. The molecule has 1 aliphatic heterocycles. The van der Waals surface area contributed by atoms with Gasteiger partial charge in [0.1, 0.15) is 5.15 Å². The lowest BCUT2D eigenvalue weighted by atomic mass is 9.91. The minimum absolute atomic E-state index is 0.222. The Balaban J connectivity index is 2.08. The summed E-state index contributed by atoms with van der Waals surface area (Å²) in [6.45, 7) is 5.57. The van der Waals surface area contributed by atoms with Crippen LogP contribution in [0.1, 0.15) is 31.2 Å². The topological polar surface area (TPSA) is 29.0 Å². The Morgan fingerprint density at radius 1 is 1.38 bits per heavy atom. The van der Waals surface area contributed by atoms with E-state index < -0.39 is 0 Å². The molecule has 0 unspecified atom stereocenters. The Labute approximate surface area is 106 Å². The molecular weight excluding hydrogens is 245 g/mol. The van der Waals surface area contributed by atoms with Crippen molar-refractivity contribution in [1.82, 2.24) is 14.9 Å². The van der Waals surface area contributed by atoms with E-state index in [1.165, 1.54) is 0 Å². The smallest absolute Gasteiger partial charge is 0.223 e. The maximum absolute atomic E-state index is 6.08. The van der Waals surface area contributed by atoms with Crippen LogP contribution in [-0.4, -0.2) is 34.5 Å². The van der Waals surface area contributed by atoms with Crippen molar-refractivity contribution in [2.45, 2.75) is 25.7 Å². The van der Waals surface area contributed by atoms with Gasteiger partial charge < -0.3 is 4.90 Å². The average molecular weight is 260 g/mol. The molecule has 0 saturated carbocycles. The molecule has 1 aromatic heterocycles. The molecule has 1 aliphatic rings. The zero-order valence-corrected chi connectivity index (χ0v) is 10.8. The van der Waals surface area contributed by atoms with Gasteiger partial charge in [-0.05, 0) is 50.0 Å². The third-order valence-corrected chi connectivity index (χ3v) is 3.70. The van der Waals surface area contributed by atoms with E-state index in [9.17, 15) is 0 Å².